The lowest BCUT2D eigenvalue weighted by Gasteiger charge is -2.47. The minimum absolute atomic E-state index is 0.211. The molecule has 0 aromatic carbocycles. The molecule has 21 N–H and O–H groups in total. The summed E-state index contributed by atoms with van der Waals surface area (Å²) in [5, 5.41) is 119. The van der Waals surface area contributed by atoms with Crippen LogP contribution in [0, 0.1) is 0 Å². The molecule has 8 fully saturated rings. The molecule has 0 amide bonds. The average molecular weight is 1300 g/mol. The van der Waals surface area contributed by atoms with E-state index in [0.29, 0.717) is 0 Å². The number of aliphatic hydroxyl groups excluding tert-OH is 11. The average Bonchev–Trinajstić information content (AvgIpc) is 3.36. The number of rotatable bonds is 23. The molecule has 0 aromatic heterocycles. The zero-order chi connectivity index (χ0) is 62.7. The maximum Gasteiger partial charge on any atom is 0.397 e. The molecule has 41 heteroatoms. The van der Waals surface area contributed by atoms with Crippen molar-refractivity contribution in [2.75, 3.05) is 60.0 Å². The second-order valence-corrected chi connectivity index (χ2v) is 23.9. The number of ether oxygens (including phenoxy) is 16. The van der Waals surface area contributed by atoms with E-state index < -0.39 is 263 Å². The Hall–Kier alpha value is -1.50. The van der Waals surface area contributed by atoms with E-state index in [2.05, 4.69) is 8.37 Å². The first-order valence-corrected chi connectivity index (χ1v) is 30.1. The zero-order valence-electron chi connectivity index (χ0n) is 45.9. The topological polar surface area (TPSA) is 601 Å². The number of methoxy groups -OCH3 is 1. The van der Waals surface area contributed by atoms with Gasteiger partial charge in [-0.3, -0.25) is 9.11 Å². The van der Waals surface area contributed by atoms with Gasteiger partial charge in [0.05, 0.1) is 101 Å². The minimum atomic E-state index is -5.16. The molecule has 8 saturated heterocycles. The highest BCUT2D eigenvalue weighted by Gasteiger charge is 2.54. The standard InChI is InChI=1S/C45H80N4O35S2/c1-67-42-30(46)34(57)38(19(6-50)74-42)81-27-3-15(53)21(9-69-27)76-43-31(47)35(58)39(20(7-51)75-43)82-28-4-16(54)22(10-70-28)77-45-33(49)37(60)41(25(80-45)13-73-86(64,65)66)84-29-5-17(55)23(11-71-29)78-44-32(48)36(59)40(24(79-44)12-72-85(61,62)63)83-26-2-14(52)18(56)8-68-26/h14-45,50-60H,2-13,46-49H2,1H3,(H,61,62,63)(H,64,65,66)/t14-,15-,16-,17-,18+,19?,20?,21?,22+,23+,24?,25?,26-,27-,28-,29-,30?,31?,32?,33?,34+,35+,36+,37+,38+,39+,40+,41+,42-,43+,44+,45+/m0/s1. The zero-order valence-corrected chi connectivity index (χ0v) is 47.5. The Morgan fingerprint density at radius 2 is 0.674 bits per heavy atom. The largest absolute Gasteiger partial charge is 0.397 e. The highest BCUT2D eigenvalue weighted by Crippen LogP contribution is 2.35. The van der Waals surface area contributed by atoms with Crippen LogP contribution in [0.1, 0.15) is 25.7 Å². The van der Waals surface area contributed by atoms with Crippen molar-refractivity contribution in [2.24, 2.45) is 22.9 Å². The first kappa shape index (κ1) is 70.4. The molecular weight excluding hydrogens is 1220 g/mol. The molecule has 0 aromatic rings. The van der Waals surface area contributed by atoms with Crippen molar-refractivity contribution in [1.29, 1.82) is 0 Å². The van der Waals surface area contributed by atoms with Gasteiger partial charge in [-0.1, -0.05) is 0 Å². The van der Waals surface area contributed by atoms with Gasteiger partial charge in [-0.25, -0.2) is 8.37 Å². The van der Waals surface area contributed by atoms with Crippen molar-refractivity contribution in [1.82, 2.24) is 0 Å². The van der Waals surface area contributed by atoms with Crippen LogP contribution in [0.3, 0.4) is 0 Å². The van der Waals surface area contributed by atoms with E-state index in [9.17, 15) is 82.1 Å². The van der Waals surface area contributed by atoms with Crippen molar-refractivity contribution in [3.05, 3.63) is 0 Å². The Morgan fingerprint density at radius 3 is 0.965 bits per heavy atom. The number of nitrogens with two attached hydrogens (primary N) is 4. The second kappa shape index (κ2) is 30.5. The van der Waals surface area contributed by atoms with Crippen LogP contribution in [0.4, 0.5) is 0 Å². The van der Waals surface area contributed by atoms with E-state index in [-0.39, 0.29) is 32.5 Å². The summed E-state index contributed by atoms with van der Waals surface area (Å²) in [7, 11) is -8.93. The van der Waals surface area contributed by atoms with Gasteiger partial charge in [-0.2, -0.15) is 16.8 Å². The Labute approximate surface area is 491 Å². The SMILES string of the molecule is CO[C@H]1OC(CO)[C@@H](O[C@H]2C[C@H](O)C(O[C@H]3OC(CO)[C@@H](O[C@H]4C[C@H](O)[C@H](O[C@@H]5OC(COS(=O)(=O)O)[C@@H](O[C@H]6C[C@H](O)[C@H](O[C@@H]7OC(COS(=O)(=O)O)[C@@H](O[C@H]8C[C@H](O)[C@H](O)CO8)[C@H](O)C7N)CO6)[C@H](O)C5N)CO4)[C@H](O)C3N)CO2)[C@H](O)C1N. The summed E-state index contributed by atoms with van der Waals surface area (Å²) in [5.74, 6) is 0. The van der Waals surface area contributed by atoms with Gasteiger partial charge in [0.15, 0.2) is 50.3 Å². The van der Waals surface area contributed by atoms with E-state index in [1.807, 2.05) is 0 Å². The predicted molar refractivity (Wildman–Crippen MR) is 268 cm³/mol. The van der Waals surface area contributed by atoms with Crippen LogP contribution in [0.15, 0.2) is 0 Å². The van der Waals surface area contributed by atoms with Crippen molar-refractivity contribution >= 4 is 20.8 Å². The van der Waals surface area contributed by atoms with Crippen molar-refractivity contribution in [3.63, 3.8) is 0 Å². The van der Waals surface area contributed by atoms with Crippen LogP contribution in [-0.2, 0) is 105 Å². The number of hydrogen-bond donors (Lipinski definition) is 17. The van der Waals surface area contributed by atoms with E-state index >= 15 is 0 Å². The molecule has 32 atom stereocenters. The molecule has 502 valence electrons. The van der Waals surface area contributed by atoms with Crippen molar-refractivity contribution < 1.29 is 166 Å². The second-order valence-electron chi connectivity index (χ2n) is 21.7. The van der Waals surface area contributed by atoms with E-state index in [0.717, 1.165) is 0 Å². The highest BCUT2D eigenvalue weighted by molar-refractivity contribution is 7.81. The van der Waals surface area contributed by atoms with Crippen LogP contribution in [-0.4, -0.2) is 339 Å². The van der Waals surface area contributed by atoms with Gasteiger partial charge in [-0.15, -0.1) is 0 Å². The molecule has 9 unspecified atom stereocenters. The maximum absolute atomic E-state index is 11.7. The molecule has 0 spiro atoms. The van der Waals surface area contributed by atoms with Crippen molar-refractivity contribution in [3.8, 4) is 0 Å². The molecule has 86 heavy (non-hydrogen) atoms. The fourth-order valence-corrected chi connectivity index (χ4v) is 11.4. The fraction of sp³-hybridized carbons (Fsp3) is 1.00. The first-order chi connectivity index (χ1) is 40.6. The minimum Gasteiger partial charge on any atom is -0.394 e. The van der Waals surface area contributed by atoms with Gasteiger partial charge in [0.25, 0.3) is 0 Å². The van der Waals surface area contributed by atoms with Crippen LogP contribution in [0.25, 0.3) is 0 Å². The molecule has 0 bridgehead atoms. The Kier molecular flexibility index (Phi) is 25.0. The van der Waals surface area contributed by atoms with Gasteiger partial charge in [0.2, 0.25) is 0 Å². The molecule has 8 rings (SSSR count). The third-order valence-electron chi connectivity index (χ3n) is 15.7. The third kappa shape index (κ3) is 17.6. The smallest absolute Gasteiger partial charge is 0.394 e. The molecule has 0 aliphatic carbocycles. The summed E-state index contributed by atoms with van der Waals surface area (Å²) in [4.78, 5) is 0. The van der Waals surface area contributed by atoms with E-state index in [1.54, 1.807) is 0 Å². The predicted octanol–water partition coefficient (Wildman–Crippen LogP) is -11.6. The van der Waals surface area contributed by atoms with Crippen LogP contribution in [0.5, 0.6) is 0 Å². The molecule has 8 aliphatic heterocycles. The van der Waals surface area contributed by atoms with Gasteiger partial charge in [0.1, 0.15) is 97.7 Å². The molecular formula is C45H80N4O35S2. The van der Waals surface area contributed by atoms with Crippen LogP contribution in [0.2, 0.25) is 0 Å². The lowest BCUT2D eigenvalue weighted by Crippen LogP contribution is -2.66. The summed E-state index contributed by atoms with van der Waals surface area (Å²) in [5.41, 5.74) is 25.0. The molecule has 39 nitrogen and oxygen atoms in total. The van der Waals surface area contributed by atoms with Crippen molar-refractivity contribution in [2.45, 2.75) is 222 Å². The third-order valence-corrected chi connectivity index (χ3v) is 16.5. The van der Waals surface area contributed by atoms with Gasteiger partial charge in [-0.05, 0) is 0 Å². The molecule has 8 aliphatic rings. The van der Waals surface area contributed by atoms with E-state index in [4.69, 9.17) is 98.7 Å². The summed E-state index contributed by atoms with van der Waals surface area (Å²) < 4.78 is 166. The van der Waals surface area contributed by atoms with Gasteiger partial charge in [0, 0.05) is 32.8 Å². The first-order valence-electron chi connectivity index (χ1n) is 27.4. The summed E-state index contributed by atoms with van der Waals surface area (Å²) >= 11 is 0. The summed E-state index contributed by atoms with van der Waals surface area (Å²) in [6.45, 7) is -5.01. The Bertz CT molecular complexity index is 2330. The monoisotopic (exact) mass is 1300 g/mol. The number of aliphatic hydroxyl groups is 11. The van der Waals surface area contributed by atoms with Crippen LogP contribution < -0.4 is 22.9 Å². The quantitative estimate of drug-likeness (QED) is 0.0422. The molecule has 0 saturated carbocycles. The lowest BCUT2D eigenvalue weighted by atomic mass is 9.96. The normalized spacial score (nSPS) is 48.4. The summed E-state index contributed by atoms with van der Waals surface area (Å²) in [6, 6.07) is -5.47. The maximum atomic E-state index is 11.7. The fourth-order valence-electron chi connectivity index (χ4n) is 10.8. The summed E-state index contributed by atoms with van der Waals surface area (Å²) in [6.07, 6.45) is -40.8. The van der Waals surface area contributed by atoms with Gasteiger partial charge < -0.3 is 155 Å². The van der Waals surface area contributed by atoms with Gasteiger partial charge >= 0.3 is 20.8 Å². The van der Waals surface area contributed by atoms with E-state index in [1.165, 1.54) is 7.11 Å². The molecule has 0 radical (unpaired) electrons. The highest BCUT2D eigenvalue weighted by atomic mass is 32.3. The Morgan fingerprint density at radius 1 is 0.395 bits per heavy atom. The number of hydrogen-bond acceptors (Lipinski definition) is 37. The molecule has 8 heterocycles. The van der Waals surface area contributed by atoms with Crippen LogP contribution >= 0.6 is 0 Å². The Balaban J connectivity index is 0.812. The lowest BCUT2D eigenvalue weighted by molar-refractivity contribution is -0.350.